The average molecular weight is 563 g/mol. The van der Waals surface area contributed by atoms with Crippen molar-refractivity contribution in [2.75, 3.05) is 0 Å². The molecule has 0 radical (unpaired) electrons. The molecule has 0 atom stereocenters. The van der Waals surface area contributed by atoms with Gasteiger partial charge in [-0.05, 0) is 65.3 Å². The maximum Gasteiger partial charge on any atom is 0.180 e. The first-order chi connectivity index (χ1) is 21.3. The van der Waals surface area contributed by atoms with E-state index in [0.717, 1.165) is 0 Å². The van der Waals surface area contributed by atoms with Crippen LogP contribution in [-0.4, -0.2) is 8.07 Å². The first-order valence-electron chi connectivity index (χ1n) is 14.9. The molecule has 1 aliphatic rings. The maximum absolute atomic E-state index is 2.85. The highest BCUT2D eigenvalue weighted by atomic mass is 28.3. The molecule has 0 nitrogen and oxygen atoms in total. The fraction of sp³-hybridized carbons (Fsp3) is 0. The van der Waals surface area contributed by atoms with Crippen LogP contribution in [-0.2, 0) is 0 Å². The third kappa shape index (κ3) is 4.12. The van der Waals surface area contributed by atoms with E-state index in [1.807, 2.05) is 0 Å². The highest BCUT2D eigenvalue weighted by Gasteiger charge is 2.46. The molecule has 0 bridgehead atoms. The average Bonchev–Trinajstić information content (AvgIpc) is 3.20. The highest BCUT2D eigenvalue weighted by Crippen LogP contribution is 2.38. The lowest BCUT2D eigenvalue weighted by Crippen LogP contribution is -2.75. The molecule has 0 aromatic heterocycles. The Hall–Kier alpha value is -5.24. The Morgan fingerprint density at radius 1 is 0.256 bits per heavy atom. The standard InChI is InChI=1S/C42H30Si/c1-5-15-31(16-6-1)33-25-27-39-37-23-13-14-24-38(37)40-28-26-34(32-17-7-2-8-18-32)30-42(40)43(41(39)29-33,35-19-9-3-10-20-35)36-21-11-4-12-22-36/h1-30H. The Morgan fingerprint density at radius 2 is 0.605 bits per heavy atom. The van der Waals surface area contributed by atoms with Crippen molar-refractivity contribution < 1.29 is 0 Å². The van der Waals surface area contributed by atoms with Crippen molar-refractivity contribution in [1.29, 1.82) is 0 Å². The van der Waals surface area contributed by atoms with Crippen LogP contribution < -0.4 is 20.7 Å². The SMILES string of the molecule is c1ccc(-c2ccc3c(c2)[Si](c2ccccc2)(c2ccccc2)c2cc(-c4ccccc4)ccc2-c2ccccc2-3)cc1. The smallest absolute Gasteiger partial charge is 0.0623 e. The van der Waals surface area contributed by atoms with Gasteiger partial charge in [-0.2, -0.15) is 0 Å². The second-order valence-corrected chi connectivity index (χ2v) is 15.0. The number of fused-ring (bicyclic) bond motifs is 5. The number of benzene rings is 7. The van der Waals surface area contributed by atoms with Crippen LogP contribution in [0.3, 0.4) is 0 Å². The van der Waals surface area contributed by atoms with Crippen molar-refractivity contribution >= 4 is 28.8 Å². The molecule has 7 aromatic rings. The van der Waals surface area contributed by atoms with E-state index < -0.39 is 8.07 Å². The lowest BCUT2D eigenvalue weighted by atomic mass is 9.92. The maximum atomic E-state index is 2.51. The van der Waals surface area contributed by atoms with Crippen LogP contribution in [0.2, 0.25) is 0 Å². The third-order valence-corrected chi connectivity index (χ3v) is 13.8. The molecule has 1 aliphatic heterocycles. The number of hydrogen-bond acceptors (Lipinski definition) is 0. The van der Waals surface area contributed by atoms with Gasteiger partial charge in [0, 0.05) is 0 Å². The van der Waals surface area contributed by atoms with Gasteiger partial charge in [-0.3, -0.25) is 0 Å². The molecule has 7 aromatic carbocycles. The summed E-state index contributed by atoms with van der Waals surface area (Å²) in [5.74, 6) is 0. The molecular formula is C42H30Si. The first-order valence-corrected chi connectivity index (χ1v) is 16.9. The van der Waals surface area contributed by atoms with Gasteiger partial charge in [-0.25, -0.2) is 0 Å². The zero-order valence-electron chi connectivity index (χ0n) is 23.8. The van der Waals surface area contributed by atoms with Crippen LogP contribution in [0.15, 0.2) is 182 Å². The van der Waals surface area contributed by atoms with E-state index in [2.05, 4.69) is 182 Å². The Balaban J connectivity index is 1.59. The van der Waals surface area contributed by atoms with E-state index in [0.29, 0.717) is 0 Å². The van der Waals surface area contributed by atoms with E-state index in [4.69, 9.17) is 0 Å². The summed E-state index contributed by atoms with van der Waals surface area (Å²) < 4.78 is 0. The first kappa shape index (κ1) is 25.5. The van der Waals surface area contributed by atoms with Crippen LogP contribution in [0.25, 0.3) is 44.5 Å². The highest BCUT2D eigenvalue weighted by molar-refractivity contribution is 7.21. The molecule has 0 aliphatic carbocycles. The normalized spacial score (nSPS) is 12.8. The molecular weight excluding hydrogens is 533 g/mol. The molecule has 0 spiro atoms. The third-order valence-electron chi connectivity index (χ3n) is 8.98. The lowest BCUT2D eigenvalue weighted by molar-refractivity contribution is 1.60. The molecule has 0 unspecified atom stereocenters. The summed E-state index contributed by atoms with van der Waals surface area (Å²) in [7, 11) is -2.85. The van der Waals surface area contributed by atoms with Crippen LogP contribution in [0, 0.1) is 0 Å². The van der Waals surface area contributed by atoms with E-state index in [9.17, 15) is 0 Å². The Kier molecular flexibility index (Phi) is 6.25. The van der Waals surface area contributed by atoms with Gasteiger partial charge in [0.25, 0.3) is 0 Å². The minimum absolute atomic E-state index is 1.24. The van der Waals surface area contributed by atoms with Gasteiger partial charge in [-0.1, -0.05) is 182 Å². The molecule has 202 valence electrons. The molecule has 1 heterocycles. The van der Waals surface area contributed by atoms with Gasteiger partial charge in [-0.15, -0.1) is 0 Å². The molecule has 1 heteroatoms. The lowest BCUT2D eigenvalue weighted by Gasteiger charge is -2.36. The molecule has 0 saturated carbocycles. The second-order valence-electron chi connectivity index (χ2n) is 11.3. The monoisotopic (exact) mass is 562 g/mol. The Labute approximate surface area is 254 Å². The van der Waals surface area contributed by atoms with Crippen molar-refractivity contribution in [2.24, 2.45) is 0 Å². The minimum Gasteiger partial charge on any atom is -0.0623 e. The van der Waals surface area contributed by atoms with Crippen LogP contribution in [0.5, 0.6) is 0 Å². The zero-order valence-corrected chi connectivity index (χ0v) is 24.8. The summed E-state index contributed by atoms with van der Waals surface area (Å²) in [6.07, 6.45) is 0. The number of rotatable bonds is 4. The predicted molar refractivity (Wildman–Crippen MR) is 185 cm³/mol. The molecule has 43 heavy (non-hydrogen) atoms. The molecule has 0 saturated heterocycles. The zero-order chi connectivity index (χ0) is 28.6. The Bertz CT molecular complexity index is 1890. The van der Waals surface area contributed by atoms with Crippen molar-refractivity contribution in [2.45, 2.75) is 0 Å². The van der Waals surface area contributed by atoms with Crippen LogP contribution in [0.4, 0.5) is 0 Å². The summed E-state index contributed by atoms with van der Waals surface area (Å²) in [5, 5.41) is 5.66. The van der Waals surface area contributed by atoms with E-state index in [-0.39, 0.29) is 0 Å². The van der Waals surface area contributed by atoms with Gasteiger partial charge in [0.1, 0.15) is 0 Å². The molecule has 0 fully saturated rings. The summed E-state index contributed by atoms with van der Waals surface area (Å²) in [5.41, 5.74) is 10.2. The Morgan fingerprint density at radius 3 is 1.00 bits per heavy atom. The van der Waals surface area contributed by atoms with Crippen molar-refractivity contribution in [3.63, 3.8) is 0 Å². The predicted octanol–water partition coefficient (Wildman–Crippen LogP) is 8.05. The minimum atomic E-state index is -2.85. The van der Waals surface area contributed by atoms with E-state index in [1.165, 1.54) is 65.3 Å². The number of hydrogen-bond donors (Lipinski definition) is 0. The van der Waals surface area contributed by atoms with Gasteiger partial charge in [0.2, 0.25) is 0 Å². The second kappa shape index (κ2) is 10.5. The van der Waals surface area contributed by atoms with Gasteiger partial charge in [0.15, 0.2) is 8.07 Å². The van der Waals surface area contributed by atoms with E-state index >= 15 is 0 Å². The quantitative estimate of drug-likeness (QED) is 0.190. The van der Waals surface area contributed by atoms with Crippen LogP contribution in [0.1, 0.15) is 0 Å². The van der Waals surface area contributed by atoms with Crippen molar-refractivity contribution in [1.82, 2.24) is 0 Å². The summed E-state index contributed by atoms with van der Waals surface area (Å²) in [6.45, 7) is 0. The van der Waals surface area contributed by atoms with Crippen molar-refractivity contribution in [3.8, 4) is 44.5 Å². The molecule has 0 N–H and O–H groups in total. The topological polar surface area (TPSA) is 0 Å². The van der Waals surface area contributed by atoms with E-state index in [1.54, 1.807) is 0 Å². The van der Waals surface area contributed by atoms with Crippen molar-refractivity contribution in [3.05, 3.63) is 182 Å². The van der Waals surface area contributed by atoms with Gasteiger partial charge < -0.3 is 0 Å². The van der Waals surface area contributed by atoms with Crippen LogP contribution >= 0.6 is 0 Å². The fourth-order valence-corrected chi connectivity index (χ4v) is 12.3. The molecule has 8 rings (SSSR count). The fourth-order valence-electron chi connectivity index (χ4n) is 7.06. The summed E-state index contributed by atoms with van der Waals surface area (Å²) in [6, 6.07) is 67.7. The summed E-state index contributed by atoms with van der Waals surface area (Å²) >= 11 is 0. The van der Waals surface area contributed by atoms with Gasteiger partial charge in [0.05, 0.1) is 0 Å². The van der Waals surface area contributed by atoms with Gasteiger partial charge >= 0.3 is 0 Å². The summed E-state index contributed by atoms with van der Waals surface area (Å²) in [4.78, 5) is 0. The molecule has 0 amide bonds. The largest absolute Gasteiger partial charge is 0.180 e.